The van der Waals surface area contributed by atoms with Crippen molar-refractivity contribution in [2.24, 2.45) is 0 Å². The molecule has 2 aliphatic carbocycles. The predicted molar refractivity (Wildman–Crippen MR) is 546 cm³/mol. The van der Waals surface area contributed by atoms with Gasteiger partial charge in [-0.1, -0.05) is 231 Å². The molecule has 10 fully saturated rings. The van der Waals surface area contributed by atoms with Crippen molar-refractivity contribution >= 4 is 42.4 Å². The van der Waals surface area contributed by atoms with E-state index in [-0.39, 0.29) is 72.3 Å². The molecular weight excluding hydrogens is 1730 g/mol. The van der Waals surface area contributed by atoms with Crippen LogP contribution in [0.1, 0.15) is 213 Å². The van der Waals surface area contributed by atoms with Gasteiger partial charge in [0.15, 0.2) is 0 Å². The maximum absolute atomic E-state index is 13.9. The summed E-state index contributed by atoms with van der Waals surface area (Å²) in [6, 6.07) is 71.9. The molecule has 0 spiro atoms. The number of amides is 6. The molecule has 22 heteroatoms. The number of nitrogens with one attached hydrogen (secondary N) is 3. The van der Waals surface area contributed by atoms with E-state index < -0.39 is 0 Å². The molecule has 0 bridgehead atoms. The molecule has 138 heavy (non-hydrogen) atoms. The van der Waals surface area contributed by atoms with E-state index >= 15 is 0 Å². The van der Waals surface area contributed by atoms with Crippen LogP contribution in [0, 0.1) is 35.3 Å². The molecule has 9 heterocycles. The van der Waals surface area contributed by atoms with E-state index in [0.29, 0.717) is 78.4 Å². The lowest BCUT2D eigenvalue weighted by molar-refractivity contribution is -0.0726. The largest absolute Gasteiger partial charge is 0.395 e. The number of aromatic nitrogens is 2. The summed E-state index contributed by atoms with van der Waals surface area (Å²) in [5, 5.41) is 19.9. The number of hydrogen-bond donors (Lipinski definition) is 4. The fourth-order valence-corrected chi connectivity index (χ4v) is 22.8. The molecule has 8 saturated heterocycles. The van der Waals surface area contributed by atoms with Crippen LogP contribution in [-0.4, -0.2) is 265 Å². The monoisotopic (exact) mass is 1870 g/mol. The summed E-state index contributed by atoms with van der Waals surface area (Å²) in [7, 11) is 5.34. The Kier molecular flexibility index (Phi) is 36.2. The number of urea groups is 3. The Morgan fingerprint density at radius 3 is 1.09 bits per heavy atom. The normalized spacial score (nSPS) is 24.3. The molecule has 0 unspecified atom stereocenters. The van der Waals surface area contributed by atoms with Crippen molar-refractivity contribution < 1.29 is 42.5 Å². The third-order valence-corrected chi connectivity index (χ3v) is 29.9. The summed E-state index contributed by atoms with van der Waals surface area (Å²) in [5.41, 5.74) is 13.6. The van der Waals surface area contributed by atoms with Gasteiger partial charge in [-0.2, -0.15) is 0 Å². The summed E-state index contributed by atoms with van der Waals surface area (Å²) in [6.45, 7) is 18.2. The molecule has 1 aromatic heterocycles. The van der Waals surface area contributed by atoms with Crippen molar-refractivity contribution in [2.45, 2.75) is 213 Å². The van der Waals surface area contributed by atoms with Gasteiger partial charge in [0.25, 0.3) is 0 Å². The molecule has 4 N–H and O–H groups in total. The average molecular weight is 1870 g/mol. The number of fused-ring (bicyclic) bond motifs is 4. The van der Waals surface area contributed by atoms with E-state index in [4.69, 9.17) is 14.2 Å². The molecule has 726 valence electrons. The molecular formula is C116H141F2N13O7. The van der Waals surface area contributed by atoms with Gasteiger partial charge in [0.05, 0.1) is 37.6 Å². The van der Waals surface area contributed by atoms with Gasteiger partial charge in [0.2, 0.25) is 0 Å². The third kappa shape index (κ3) is 25.9. The number of methoxy groups -OCH3 is 3. The van der Waals surface area contributed by atoms with Crippen LogP contribution in [0.2, 0.25) is 0 Å². The van der Waals surface area contributed by atoms with Crippen LogP contribution in [0.25, 0.3) is 24.3 Å². The Hall–Kier alpha value is -11.3. The second-order valence-corrected chi connectivity index (χ2v) is 39.3. The van der Waals surface area contributed by atoms with E-state index in [0.717, 1.165) is 173 Å². The van der Waals surface area contributed by atoms with Gasteiger partial charge in [0.1, 0.15) is 18.0 Å². The number of carbonyl (C=O) groups excluding carboxylic acids is 3. The second kappa shape index (κ2) is 50.0. The van der Waals surface area contributed by atoms with Gasteiger partial charge >= 0.3 is 18.1 Å². The van der Waals surface area contributed by atoms with Gasteiger partial charge in [0, 0.05) is 193 Å². The Bertz CT molecular complexity index is 5530. The van der Waals surface area contributed by atoms with Crippen LogP contribution in [0.5, 0.6) is 0 Å². The first kappa shape index (κ1) is 99.8. The zero-order valence-corrected chi connectivity index (χ0v) is 81.3. The zero-order chi connectivity index (χ0) is 95.5. The van der Waals surface area contributed by atoms with Crippen LogP contribution in [-0.2, 0) is 20.8 Å². The zero-order valence-electron chi connectivity index (χ0n) is 81.3. The SMILES string of the molecule is COC[C@H]1[C@@H](c2ccc(C#Cc3ccccc3F)cc2)[C@@H]2CN(Cc3cncnc3)CCCCN12.COC[C@H]1[C@H](c2ccc(/C=C/c3ccccc3)cc2)[C@@H]2CN(C(=O)NC3CCCC3)CCCCN12.COC[C@H]1[C@H](c2ccc(C#Cc3ccccc3F)cc2)[C@@H]2CN(C(=O)NC(C)C)CCCCN12.O=C(NC1CCCC1)N1CCCCN2[C@@H](CO)[C@H](c3ccc(/C=C/c4ccccc4)cc3)[C@@H]2C1. The summed E-state index contributed by atoms with van der Waals surface area (Å²) in [4.78, 5) is 66.2. The molecule has 10 aliphatic rings. The van der Waals surface area contributed by atoms with Gasteiger partial charge in [-0.3, -0.25) is 24.5 Å². The highest BCUT2D eigenvalue weighted by molar-refractivity contribution is 5.76. The molecule has 6 amide bonds. The van der Waals surface area contributed by atoms with Crippen molar-refractivity contribution in [1.82, 2.24) is 65.1 Å². The van der Waals surface area contributed by atoms with Gasteiger partial charge in [-0.05, 0) is 217 Å². The number of hydrogen-bond acceptors (Lipinski definition) is 14. The van der Waals surface area contributed by atoms with Crippen LogP contribution in [0.3, 0.4) is 0 Å². The van der Waals surface area contributed by atoms with Crippen LogP contribution in [0.15, 0.2) is 225 Å². The number of rotatable bonds is 20. The van der Waals surface area contributed by atoms with Crippen LogP contribution >= 0.6 is 0 Å². The Morgan fingerprint density at radius 2 is 0.717 bits per heavy atom. The average Bonchev–Trinajstić information content (AvgIpc) is 0.840. The molecule has 20 nitrogen and oxygen atoms in total. The van der Waals surface area contributed by atoms with Crippen molar-refractivity contribution in [2.75, 3.05) is 126 Å². The van der Waals surface area contributed by atoms with Crippen molar-refractivity contribution in [3.8, 4) is 23.7 Å². The van der Waals surface area contributed by atoms with Crippen molar-refractivity contribution in [3.05, 3.63) is 309 Å². The lowest BCUT2D eigenvalue weighted by Crippen LogP contribution is -2.68. The standard InChI is InChI=1S/C30H39N3O2.C29H31FN4O.C29H37N3O2.C28H34FN3O2/c1-35-22-28-29(25-17-15-24(16-18-25)14-13-23-9-3-2-4-10-23)27-21-32(19-7-8-20-33(27)28)30(34)31-26-11-5-6-12-26;1-35-20-28-29(25-12-9-22(10-13-25)8-11-24-6-2-3-7-26(24)30)27-19-33(14-4-5-15-34(27)28)18-23-16-31-21-32-17-23;33-21-27-28(24-16-14-23(15-17-24)13-12-22-8-2-1-3-9-22)26-20-31(18-6-7-19-32(26)27)29(34)30-25-10-4-5-11-25;1-20(2)30-28(33)31-16-6-7-17-32-25(18-31)27(26(32)19-34-3)23-14-11-21(12-15-23)10-13-22-8-4-5-9-24(22)29/h2-4,9-10,13-18,26-29H,5-8,11-12,19-22H2,1H3,(H,31,34);2-3,6-7,9-10,12-13,16-17,21,27-29H,4-5,14-15,18-20H2,1H3;1-3,8-9,12-17,25-28,33H,4-7,10-11,18-21H2,(H,30,34);4-5,8-9,11-12,14-15,20,25-27H,6-7,16-19H2,1-3H3,(H,30,33)/b14-13+;;13-12+;/t27-,28-,29+;27-,28-,29-;26-,27-,28+;25-,26-,27+/m0000/s1. The first-order valence-electron chi connectivity index (χ1n) is 50.8. The second-order valence-electron chi connectivity index (χ2n) is 39.3. The van der Waals surface area contributed by atoms with E-state index in [9.17, 15) is 28.3 Å². The van der Waals surface area contributed by atoms with E-state index in [1.165, 1.54) is 95.2 Å². The number of halogens is 2. The van der Waals surface area contributed by atoms with E-state index in [1.807, 2.05) is 72.4 Å². The first-order valence-corrected chi connectivity index (χ1v) is 50.8. The third-order valence-electron chi connectivity index (χ3n) is 29.9. The molecule has 9 aromatic rings. The highest BCUT2D eigenvalue weighted by Crippen LogP contribution is 2.47. The number of aliphatic hydroxyl groups excluding tert-OH is 1. The molecule has 8 aromatic carbocycles. The van der Waals surface area contributed by atoms with Crippen LogP contribution < -0.4 is 16.0 Å². The lowest BCUT2D eigenvalue weighted by atomic mass is 9.74. The number of aliphatic hydroxyl groups is 1. The molecule has 8 aliphatic heterocycles. The number of benzene rings is 8. The number of carbonyl (C=O) groups is 3. The van der Waals surface area contributed by atoms with E-state index in [1.54, 1.807) is 64.1 Å². The number of nitrogens with zero attached hydrogens (tertiary/aromatic N) is 10. The topological polar surface area (TPSA) is 187 Å². The minimum absolute atomic E-state index is 0.0181. The Labute approximate surface area is 817 Å². The van der Waals surface area contributed by atoms with Gasteiger partial charge < -0.3 is 50.0 Å². The van der Waals surface area contributed by atoms with E-state index in [2.05, 4.69) is 225 Å². The minimum atomic E-state index is -0.307. The van der Waals surface area contributed by atoms with Crippen molar-refractivity contribution in [3.63, 3.8) is 0 Å². The maximum Gasteiger partial charge on any atom is 0.317 e. The minimum Gasteiger partial charge on any atom is -0.395 e. The maximum atomic E-state index is 13.9. The number of ether oxygens (including phenoxy) is 3. The van der Waals surface area contributed by atoms with Gasteiger partial charge in [-0.25, -0.2) is 33.1 Å². The smallest absolute Gasteiger partial charge is 0.317 e. The Morgan fingerprint density at radius 1 is 0.391 bits per heavy atom. The molecule has 0 radical (unpaired) electrons. The summed E-state index contributed by atoms with van der Waals surface area (Å²) in [6.07, 6.45) is 32.1. The highest BCUT2D eigenvalue weighted by atomic mass is 19.1. The predicted octanol–water partition coefficient (Wildman–Crippen LogP) is 18.4. The summed E-state index contributed by atoms with van der Waals surface area (Å²) in [5.74, 6) is 12.8. The lowest BCUT2D eigenvalue weighted by Gasteiger charge is -2.57. The fourth-order valence-electron chi connectivity index (χ4n) is 22.8. The Balaban J connectivity index is 0.000000133. The quantitative estimate of drug-likeness (QED) is 0.0417. The summed E-state index contributed by atoms with van der Waals surface area (Å²) >= 11 is 0. The highest BCUT2D eigenvalue weighted by Gasteiger charge is 2.54. The molecule has 19 rings (SSSR count). The summed E-state index contributed by atoms with van der Waals surface area (Å²) < 4.78 is 44.6. The molecule has 2 saturated carbocycles. The van der Waals surface area contributed by atoms with Crippen molar-refractivity contribution in [1.29, 1.82) is 0 Å². The first-order chi connectivity index (χ1) is 67.6. The molecule has 12 atom stereocenters. The fraction of sp³-hybridized carbons (Fsp3) is 0.457. The van der Waals surface area contributed by atoms with Crippen LogP contribution in [0.4, 0.5) is 23.2 Å². The van der Waals surface area contributed by atoms with Gasteiger partial charge in [-0.15, -0.1) is 0 Å².